The summed E-state index contributed by atoms with van der Waals surface area (Å²) in [5.74, 6) is 0.840. The first kappa shape index (κ1) is 12.8. The lowest BCUT2D eigenvalue weighted by Crippen LogP contribution is -2.03. The Balaban J connectivity index is 2.10. The van der Waals surface area contributed by atoms with Crippen molar-refractivity contribution in [2.45, 2.75) is 32.9 Å². The quantitative estimate of drug-likeness (QED) is 0.942. The van der Waals surface area contributed by atoms with Crippen molar-refractivity contribution in [1.29, 1.82) is 0 Å². The van der Waals surface area contributed by atoms with Gasteiger partial charge in [0.15, 0.2) is 5.82 Å². The summed E-state index contributed by atoms with van der Waals surface area (Å²) in [7, 11) is 0. The Hall–Kier alpha value is -1.26. The van der Waals surface area contributed by atoms with Crippen LogP contribution in [-0.4, -0.2) is 9.97 Å². The molecule has 0 saturated heterocycles. The molecule has 0 saturated carbocycles. The van der Waals surface area contributed by atoms with Crippen LogP contribution in [0.25, 0.3) is 11.4 Å². The van der Waals surface area contributed by atoms with Crippen molar-refractivity contribution in [3.8, 4) is 11.4 Å². The van der Waals surface area contributed by atoms with Crippen LogP contribution in [0.15, 0.2) is 28.7 Å². The van der Waals surface area contributed by atoms with Gasteiger partial charge in [0.05, 0.1) is 5.69 Å². The molecule has 0 spiro atoms. The zero-order valence-corrected chi connectivity index (χ0v) is 12.5. The molecule has 0 bridgehead atoms. The van der Waals surface area contributed by atoms with Gasteiger partial charge in [0.25, 0.3) is 0 Å². The predicted molar refractivity (Wildman–Crippen MR) is 79.7 cm³/mol. The number of aromatic nitrogens is 2. The smallest absolute Gasteiger partial charge is 0.159 e. The summed E-state index contributed by atoms with van der Waals surface area (Å²) in [6.07, 6.45) is 2.13. The molecule has 0 amide bonds. The molecule has 3 nitrogen and oxygen atoms in total. The van der Waals surface area contributed by atoms with Gasteiger partial charge in [0.2, 0.25) is 0 Å². The largest absolute Gasteiger partial charge is 0.307 e. The number of benzene rings is 1. The molecule has 1 aromatic heterocycles. The summed E-state index contributed by atoms with van der Waals surface area (Å²) in [6, 6.07) is 8.17. The first-order chi connectivity index (χ1) is 9.28. The number of nitrogens with one attached hydrogen (secondary N) is 1. The lowest BCUT2D eigenvalue weighted by Gasteiger charge is -2.09. The van der Waals surface area contributed by atoms with E-state index in [-0.39, 0.29) is 0 Å². The highest BCUT2D eigenvalue weighted by Crippen LogP contribution is 2.25. The molecule has 0 unspecified atom stereocenters. The monoisotopic (exact) mass is 317 g/mol. The van der Waals surface area contributed by atoms with Crippen LogP contribution in [0, 0.1) is 0 Å². The van der Waals surface area contributed by atoms with Crippen LogP contribution >= 0.6 is 15.9 Å². The van der Waals surface area contributed by atoms with E-state index >= 15 is 0 Å². The van der Waals surface area contributed by atoms with Crippen LogP contribution in [0.3, 0.4) is 0 Å². The molecule has 3 rings (SSSR count). The normalized spacial score (nSPS) is 13.6. The van der Waals surface area contributed by atoms with E-state index in [2.05, 4.69) is 40.3 Å². The fourth-order valence-corrected chi connectivity index (χ4v) is 2.84. The SMILES string of the molecule is CCCc1nc(-c2cccc(Br)c2)nc2c1CNC2. The molecule has 4 heteroatoms. The Morgan fingerprint density at radius 2 is 2.16 bits per heavy atom. The molecular formula is C15H16BrN3. The van der Waals surface area contributed by atoms with Gasteiger partial charge in [-0.15, -0.1) is 0 Å². The molecule has 1 aliphatic heterocycles. The number of aryl methyl sites for hydroxylation is 1. The van der Waals surface area contributed by atoms with Gasteiger partial charge in [0.1, 0.15) is 0 Å². The Morgan fingerprint density at radius 3 is 2.95 bits per heavy atom. The molecule has 2 aromatic rings. The van der Waals surface area contributed by atoms with Crippen molar-refractivity contribution >= 4 is 15.9 Å². The summed E-state index contributed by atoms with van der Waals surface area (Å²) < 4.78 is 1.06. The van der Waals surface area contributed by atoms with E-state index in [4.69, 9.17) is 9.97 Å². The third-order valence-corrected chi connectivity index (χ3v) is 3.84. The van der Waals surface area contributed by atoms with Gasteiger partial charge < -0.3 is 5.32 Å². The maximum Gasteiger partial charge on any atom is 0.159 e. The van der Waals surface area contributed by atoms with Crippen LogP contribution in [-0.2, 0) is 19.5 Å². The van der Waals surface area contributed by atoms with Crippen LogP contribution in [0.4, 0.5) is 0 Å². The molecule has 1 aromatic carbocycles. The minimum atomic E-state index is 0.840. The lowest BCUT2D eigenvalue weighted by atomic mass is 10.1. The Bertz CT molecular complexity index is 610. The zero-order chi connectivity index (χ0) is 13.2. The van der Waals surface area contributed by atoms with Crippen molar-refractivity contribution in [2.75, 3.05) is 0 Å². The average Bonchev–Trinajstić information content (AvgIpc) is 2.87. The fraction of sp³-hybridized carbons (Fsp3) is 0.333. The van der Waals surface area contributed by atoms with Crippen LogP contribution < -0.4 is 5.32 Å². The van der Waals surface area contributed by atoms with Crippen molar-refractivity contribution in [3.05, 3.63) is 45.7 Å². The maximum atomic E-state index is 4.77. The van der Waals surface area contributed by atoms with Gasteiger partial charge in [-0.3, -0.25) is 0 Å². The number of hydrogen-bond acceptors (Lipinski definition) is 3. The molecular weight excluding hydrogens is 302 g/mol. The predicted octanol–water partition coefficient (Wildman–Crippen LogP) is 3.46. The van der Waals surface area contributed by atoms with Crippen molar-refractivity contribution in [1.82, 2.24) is 15.3 Å². The average molecular weight is 318 g/mol. The molecule has 0 radical (unpaired) electrons. The summed E-state index contributed by atoms with van der Waals surface area (Å²) in [6.45, 7) is 3.95. The molecule has 0 fully saturated rings. The van der Waals surface area contributed by atoms with E-state index in [1.54, 1.807) is 0 Å². The summed E-state index contributed by atoms with van der Waals surface area (Å²) in [5, 5.41) is 3.36. The third kappa shape index (κ3) is 2.55. The van der Waals surface area contributed by atoms with Gasteiger partial charge >= 0.3 is 0 Å². The molecule has 2 heterocycles. The Morgan fingerprint density at radius 1 is 1.26 bits per heavy atom. The van der Waals surface area contributed by atoms with Gasteiger partial charge in [-0.2, -0.15) is 0 Å². The fourth-order valence-electron chi connectivity index (χ4n) is 2.44. The van der Waals surface area contributed by atoms with Crippen molar-refractivity contribution in [3.63, 3.8) is 0 Å². The summed E-state index contributed by atoms with van der Waals surface area (Å²) in [5.41, 5.74) is 4.74. The minimum Gasteiger partial charge on any atom is -0.307 e. The second-order valence-corrected chi connectivity index (χ2v) is 5.70. The molecule has 1 N–H and O–H groups in total. The van der Waals surface area contributed by atoms with E-state index in [0.29, 0.717) is 0 Å². The Kier molecular flexibility index (Phi) is 3.62. The molecule has 0 atom stereocenters. The van der Waals surface area contributed by atoms with Crippen molar-refractivity contribution < 1.29 is 0 Å². The van der Waals surface area contributed by atoms with Crippen LogP contribution in [0.5, 0.6) is 0 Å². The van der Waals surface area contributed by atoms with E-state index in [1.165, 1.54) is 11.3 Å². The van der Waals surface area contributed by atoms with Gasteiger partial charge in [-0.25, -0.2) is 9.97 Å². The molecule has 0 aliphatic carbocycles. The van der Waals surface area contributed by atoms with Crippen LogP contribution in [0.1, 0.15) is 30.3 Å². The van der Waals surface area contributed by atoms with Crippen molar-refractivity contribution in [2.24, 2.45) is 0 Å². The van der Waals surface area contributed by atoms with Gasteiger partial charge in [-0.05, 0) is 18.6 Å². The molecule has 19 heavy (non-hydrogen) atoms. The highest BCUT2D eigenvalue weighted by atomic mass is 79.9. The number of halogens is 1. The zero-order valence-electron chi connectivity index (χ0n) is 10.9. The number of rotatable bonds is 3. The van der Waals surface area contributed by atoms with E-state index in [1.807, 2.05) is 12.1 Å². The highest BCUT2D eigenvalue weighted by molar-refractivity contribution is 9.10. The van der Waals surface area contributed by atoms with E-state index in [9.17, 15) is 0 Å². The highest BCUT2D eigenvalue weighted by Gasteiger charge is 2.18. The number of fused-ring (bicyclic) bond motifs is 1. The second-order valence-electron chi connectivity index (χ2n) is 4.78. The standard InChI is InChI=1S/C15H16BrN3/c1-2-4-13-12-8-17-9-14(12)19-15(18-13)10-5-3-6-11(16)7-10/h3,5-7,17H,2,4,8-9H2,1H3. The number of nitrogens with zero attached hydrogens (tertiary/aromatic N) is 2. The topological polar surface area (TPSA) is 37.8 Å². The third-order valence-electron chi connectivity index (χ3n) is 3.34. The molecule has 1 aliphatic rings. The lowest BCUT2D eigenvalue weighted by molar-refractivity contribution is 0.753. The van der Waals surface area contributed by atoms with Gasteiger partial charge in [0, 0.05) is 34.4 Å². The second kappa shape index (κ2) is 5.39. The van der Waals surface area contributed by atoms with E-state index in [0.717, 1.165) is 47.5 Å². The summed E-state index contributed by atoms with van der Waals surface area (Å²) in [4.78, 5) is 9.49. The first-order valence-corrected chi connectivity index (χ1v) is 7.42. The minimum absolute atomic E-state index is 0.840. The Labute approximate surface area is 121 Å². The van der Waals surface area contributed by atoms with Crippen LogP contribution in [0.2, 0.25) is 0 Å². The maximum absolute atomic E-state index is 4.77. The van der Waals surface area contributed by atoms with E-state index < -0.39 is 0 Å². The summed E-state index contributed by atoms with van der Waals surface area (Å²) >= 11 is 3.50. The van der Waals surface area contributed by atoms with Gasteiger partial charge in [-0.1, -0.05) is 41.4 Å². The molecule has 98 valence electrons. The first-order valence-electron chi connectivity index (χ1n) is 6.63. The number of hydrogen-bond donors (Lipinski definition) is 1.